The quantitative estimate of drug-likeness (QED) is 0.874. The van der Waals surface area contributed by atoms with Gasteiger partial charge >= 0.3 is 0 Å². The molecule has 3 fully saturated rings. The van der Waals surface area contributed by atoms with Crippen LogP contribution in [0.15, 0.2) is 30.5 Å². The SMILES string of the molecule is O=C1NCCCC1N1CCC(Oc2cccc3c2ccn3C2CCCC2)CC1. The number of likely N-dealkylation sites (tertiary alicyclic amines) is 1. The number of piperidine rings is 2. The maximum atomic E-state index is 12.1. The van der Waals surface area contributed by atoms with Gasteiger partial charge in [-0.1, -0.05) is 18.9 Å². The van der Waals surface area contributed by atoms with Crippen LogP contribution in [0.2, 0.25) is 0 Å². The van der Waals surface area contributed by atoms with Crippen LogP contribution in [0.4, 0.5) is 0 Å². The summed E-state index contributed by atoms with van der Waals surface area (Å²) in [7, 11) is 0. The second kappa shape index (κ2) is 7.78. The first-order chi connectivity index (χ1) is 13.8. The number of carbonyl (C=O) groups is 1. The Labute approximate surface area is 167 Å². The molecular weight excluding hydrogens is 350 g/mol. The number of ether oxygens (including phenoxy) is 1. The van der Waals surface area contributed by atoms with Gasteiger partial charge in [0.05, 0.1) is 11.6 Å². The van der Waals surface area contributed by atoms with E-state index in [-0.39, 0.29) is 18.1 Å². The monoisotopic (exact) mass is 381 g/mol. The van der Waals surface area contributed by atoms with Gasteiger partial charge in [-0.25, -0.2) is 0 Å². The molecule has 1 amide bonds. The highest BCUT2D eigenvalue weighted by atomic mass is 16.5. The van der Waals surface area contributed by atoms with E-state index in [1.54, 1.807) is 0 Å². The Balaban J connectivity index is 1.26. The molecule has 0 spiro atoms. The van der Waals surface area contributed by atoms with Crippen LogP contribution in [0.3, 0.4) is 0 Å². The lowest BCUT2D eigenvalue weighted by atomic mass is 10.00. The normalized spacial score (nSPS) is 25.3. The topological polar surface area (TPSA) is 46.5 Å². The molecule has 2 saturated heterocycles. The van der Waals surface area contributed by atoms with Crippen molar-refractivity contribution in [2.24, 2.45) is 0 Å². The van der Waals surface area contributed by atoms with E-state index in [2.05, 4.69) is 45.2 Å². The highest BCUT2D eigenvalue weighted by Crippen LogP contribution is 2.36. The van der Waals surface area contributed by atoms with Crippen molar-refractivity contribution >= 4 is 16.8 Å². The Morgan fingerprint density at radius 1 is 0.964 bits per heavy atom. The minimum absolute atomic E-state index is 0.0681. The van der Waals surface area contributed by atoms with Crippen LogP contribution in [0.1, 0.15) is 57.4 Å². The molecule has 1 aromatic heterocycles. The van der Waals surface area contributed by atoms with Gasteiger partial charge in [0, 0.05) is 37.3 Å². The summed E-state index contributed by atoms with van der Waals surface area (Å²) in [5.74, 6) is 1.23. The third kappa shape index (κ3) is 3.41. The number of hydrogen-bond donors (Lipinski definition) is 1. The molecule has 2 aliphatic heterocycles. The number of benzene rings is 1. The highest BCUT2D eigenvalue weighted by molar-refractivity contribution is 5.86. The summed E-state index contributed by atoms with van der Waals surface area (Å²) in [5, 5.41) is 4.25. The van der Waals surface area contributed by atoms with E-state index in [0.29, 0.717) is 6.04 Å². The lowest BCUT2D eigenvalue weighted by Gasteiger charge is -2.38. The first kappa shape index (κ1) is 18.0. The standard InChI is InChI=1S/C23H31N3O2/c27-23-21(8-4-13-24-23)25-14-10-18(11-15-25)28-22-9-3-7-20-19(22)12-16-26(20)17-5-1-2-6-17/h3,7,9,12,16-18,21H,1-2,4-6,8,10-11,13-15H2,(H,24,27). The summed E-state index contributed by atoms with van der Waals surface area (Å²) in [6, 6.07) is 9.42. The maximum Gasteiger partial charge on any atom is 0.237 e. The number of fused-ring (bicyclic) bond motifs is 1. The van der Waals surface area contributed by atoms with Gasteiger partial charge in [-0.2, -0.15) is 0 Å². The molecular formula is C23H31N3O2. The average Bonchev–Trinajstić information content (AvgIpc) is 3.39. The molecule has 0 radical (unpaired) electrons. The molecule has 28 heavy (non-hydrogen) atoms. The van der Waals surface area contributed by atoms with Crippen molar-refractivity contribution in [2.75, 3.05) is 19.6 Å². The number of nitrogens with zero attached hydrogens (tertiary/aromatic N) is 2. The van der Waals surface area contributed by atoms with E-state index in [9.17, 15) is 4.79 Å². The Hall–Kier alpha value is -2.01. The van der Waals surface area contributed by atoms with E-state index >= 15 is 0 Å². The molecule has 2 aromatic rings. The van der Waals surface area contributed by atoms with Crippen LogP contribution in [0, 0.1) is 0 Å². The second-order valence-corrected chi connectivity index (χ2v) is 8.65. The lowest BCUT2D eigenvalue weighted by Crippen LogP contribution is -2.53. The van der Waals surface area contributed by atoms with Crippen LogP contribution in [-0.2, 0) is 4.79 Å². The molecule has 0 bridgehead atoms. The molecule has 1 atom stereocenters. The first-order valence-electron chi connectivity index (χ1n) is 11.1. The van der Waals surface area contributed by atoms with Crippen molar-refractivity contribution in [2.45, 2.75) is 69.6 Å². The van der Waals surface area contributed by atoms with Crippen LogP contribution in [0.25, 0.3) is 10.9 Å². The molecule has 5 nitrogen and oxygen atoms in total. The van der Waals surface area contributed by atoms with E-state index in [1.165, 1.54) is 36.6 Å². The molecule has 1 saturated carbocycles. The number of nitrogens with one attached hydrogen (secondary N) is 1. The van der Waals surface area contributed by atoms with Gasteiger partial charge in [-0.05, 0) is 56.7 Å². The Morgan fingerprint density at radius 2 is 1.79 bits per heavy atom. The number of rotatable bonds is 4. The Bertz CT molecular complexity index is 831. The molecule has 5 heteroatoms. The van der Waals surface area contributed by atoms with Crippen molar-refractivity contribution in [1.29, 1.82) is 0 Å². The molecule has 3 aliphatic rings. The zero-order chi connectivity index (χ0) is 18.9. The fraction of sp³-hybridized carbons (Fsp3) is 0.609. The van der Waals surface area contributed by atoms with E-state index < -0.39 is 0 Å². The Morgan fingerprint density at radius 3 is 2.57 bits per heavy atom. The summed E-state index contributed by atoms with van der Waals surface area (Å²) in [6.07, 6.45) is 11.8. The highest BCUT2D eigenvalue weighted by Gasteiger charge is 2.32. The summed E-state index contributed by atoms with van der Waals surface area (Å²) >= 11 is 0. The zero-order valence-electron chi connectivity index (χ0n) is 16.6. The van der Waals surface area contributed by atoms with Crippen molar-refractivity contribution in [3.8, 4) is 5.75 Å². The van der Waals surface area contributed by atoms with Crippen LogP contribution >= 0.6 is 0 Å². The smallest absolute Gasteiger partial charge is 0.237 e. The van der Waals surface area contributed by atoms with E-state index in [4.69, 9.17) is 4.74 Å². The van der Waals surface area contributed by atoms with Gasteiger partial charge in [0.15, 0.2) is 0 Å². The maximum absolute atomic E-state index is 12.1. The van der Waals surface area contributed by atoms with Crippen LogP contribution in [0.5, 0.6) is 5.75 Å². The van der Waals surface area contributed by atoms with Gasteiger partial charge in [0.2, 0.25) is 5.91 Å². The summed E-state index contributed by atoms with van der Waals surface area (Å²) in [5.41, 5.74) is 1.31. The minimum Gasteiger partial charge on any atom is -0.490 e. The summed E-state index contributed by atoms with van der Waals surface area (Å²) in [6.45, 7) is 2.73. The zero-order valence-corrected chi connectivity index (χ0v) is 16.6. The Kier molecular flexibility index (Phi) is 5.02. The average molecular weight is 382 g/mol. The van der Waals surface area contributed by atoms with Gasteiger partial charge in [-0.15, -0.1) is 0 Å². The van der Waals surface area contributed by atoms with Gasteiger partial charge in [-0.3, -0.25) is 9.69 Å². The minimum atomic E-state index is 0.0681. The van der Waals surface area contributed by atoms with Crippen molar-refractivity contribution < 1.29 is 9.53 Å². The third-order valence-corrected chi connectivity index (χ3v) is 6.91. The van der Waals surface area contributed by atoms with Crippen molar-refractivity contribution in [3.05, 3.63) is 30.5 Å². The van der Waals surface area contributed by atoms with Gasteiger partial charge in [0.25, 0.3) is 0 Å². The summed E-state index contributed by atoms with van der Waals surface area (Å²) < 4.78 is 8.92. The van der Waals surface area contributed by atoms with Crippen molar-refractivity contribution in [3.63, 3.8) is 0 Å². The van der Waals surface area contributed by atoms with Crippen LogP contribution < -0.4 is 10.1 Å². The fourth-order valence-corrected chi connectivity index (χ4v) is 5.35. The fourth-order valence-electron chi connectivity index (χ4n) is 5.35. The lowest BCUT2D eigenvalue weighted by molar-refractivity contribution is -0.129. The van der Waals surface area contributed by atoms with E-state index in [0.717, 1.165) is 51.1 Å². The third-order valence-electron chi connectivity index (χ3n) is 6.91. The number of carbonyl (C=O) groups excluding carboxylic acids is 1. The van der Waals surface area contributed by atoms with Crippen molar-refractivity contribution in [1.82, 2.24) is 14.8 Å². The summed E-state index contributed by atoms with van der Waals surface area (Å²) in [4.78, 5) is 14.5. The van der Waals surface area contributed by atoms with Crippen LogP contribution in [-0.4, -0.2) is 47.2 Å². The number of amides is 1. The first-order valence-corrected chi connectivity index (χ1v) is 11.1. The molecule has 5 rings (SSSR count). The molecule has 1 aliphatic carbocycles. The molecule has 3 heterocycles. The molecule has 1 unspecified atom stereocenters. The van der Waals surface area contributed by atoms with Gasteiger partial charge < -0.3 is 14.6 Å². The molecule has 150 valence electrons. The van der Waals surface area contributed by atoms with E-state index in [1.807, 2.05) is 0 Å². The molecule has 1 N–H and O–H groups in total. The van der Waals surface area contributed by atoms with Gasteiger partial charge in [0.1, 0.15) is 11.9 Å². The predicted molar refractivity (Wildman–Crippen MR) is 111 cm³/mol. The molecule has 1 aromatic carbocycles. The number of hydrogen-bond acceptors (Lipinski definition) is 3. The number of aromatic nitrogens is 1. The largest absolute Gasteiger partial charge is 0.490 e. The second-order valence-electron chi connectivity index (χ2n) is 8.65. The predicted octanol–water partition coefficient (Wildman–Crippen LogP) is 3.88.